The Labute approximate surface area is 163 Å². The number of carbonyl (C=O) groups excluding carboxylic acids is 1. The molecule has 0 aliphatic carbocycles. The Morgan fingerprint density at radius 2 is 1.93 bits per heavy atom. The van der Waals surface area contributed by atoms with Crippen LogP contribution in [-0.4, -0.2) is 41.4 Å². The molecule has 0 spiro atoms. The average Bonchev–Trinajstić information content (AvgIpc) is 3.22. The summed E-state index contributed by atoms with van der Waals surface area (Å²) in [6, 6.07) is 2.99. The lowest BCUT2D eigenvalue weighted by Gasteiger charge is -2.25. The van der Waals surface area contributed by atoms with Crippen molar-refractivity contribution in [1.29, 1.82) is 0 Å². The van der Waals surface area contributed by atoms with Crippen LogP contribution in [0, 0.1) is 20.8 Å². The molecule has 1 aliphatic rings. The number of benzene rings is 1. The molecule has 2 aromatic rings. The third kappa shape index (κ3) is 3.90. The van der Waals surface area contributed by atoms with E-state index in [0.29, 0.717) is 40.5 Å². The SMILES string of the molecule is CCc1nnc(NC(=O)C2CCCN2S(=O)(=O)c2c(C)cc(C)cc2C)s1. The summed E-state index contributed by atoms with van der Waals surface area (Å²) in [4.78, 5) is 13.0. The molecule has 9 heteroatoms. The smallest absolute Gasteiger partial charge is 0.244 e. The van der Waals surface area contributed by atoms with E-state index in [2.05, 4.69) is 15.5 Å². The molecule has 27 heavy (non-hydrogen) atoms. The molecule has 1 aromatic carbocycles. The maximum atomic E-state index is 13.3. The first kappa shape index (κ1) is 19.9. The highest BCUT2D eigenvalue weighted by Crippen LogP contribution is 2.31. The minimum absolute atomic E-state index is 0.303. The zero-order chi connectivity index (χ0) is 19.8. The molecule has 146 valence electrons. The first-order valence-electron chi connectivity index (χ1n) is 8.97. The number of nitrogens with zero attached hydrogens (tertiary/aromatic N) is 3. The Bertz CT molecular complexity index is 946. The number of hydrogen-bond donors (Lipinski definition) is 1. The van der Waals surface area contributed by atoms with Crippen LogP contribution in [0.15, 0.2) is 17.0 Å². The molecule has 1 fully saturated rings. The minimum atomic E-state index is -3.76. The van der Waals surface area contributed by atoms with Crippen molar-refractivity contribution < 1.29 is 13.2 Å². The largest absolute Gasteiger partial charge is 0.299 e. The number of anilines is 1. The molecular formula is C18H24N4O3S2. The Balaban J connectivity index is 1.88. The Morgan fingerprint density at radius 1 is 1.26 bits per heavy atom. The first-order chi connectivity index (χ1) is 12.7. The predicted octanol–water partition coefficient (Wildman–Crippen LogP) is 2.82. The van der Waals surface area contributed by atoms with Gasteiger partial charge in [0.05, 0.1) is 4.90 Å². The van der Waals surface area contributed by atoms with Crippen molar-refractivity contribution >= 4 is 32.4 Å². The van der Waals surface area contributed by atoms with Gasteiger partial charge in [0.1, 0.15) is 11.0 Å². The minimum Gasteiger partial charge on any atom is -0.299 e. The lowest BCUT2D eigenvalue weighted by atomic mass is 10.1. The topological polar surface area (TPSA) is 92.3 Å². The van der Waals surface area contributed by atoms with Crippen molar-refractivity contribution in [2.24, 2.45) is 0 Å². The van der Waals surface area contributed by atoms with Gasteiger partial charge in [-0.15, -0.1) is 10.2 Å². The van der Waals surface area contributed by atoms with Crippen LogP contribution in [0.1, 0.15) is 41.5 Å². The highest BCUT2D eigenvalue weighted by atomic mass is 32.2. The van der Waals surface area contributed by atoms with Crippen molar-refractivity contribution in [1.82, 2.24) is 14.5 Å². The van der Waals surface area contributed by atoms with E-state index >= 15 is 0 Å². The second kappa shape index (κ2) is 7.65. The van der Waals surface area contributed by atoms with Gasteiger partial charge < -0.3 is 0 Å². The standard InChI is InChI=1S/C18H24N4O3S2/c1-5-15-20-21-18(26-15)19-17(23)14-7-6-8-22(14)27(24,25)16-12(3)9-11(2)10-13(16)4/h9-10,14H,5-8H2,1-4H3,(H,19,21,23). The Hall–Kier alpha value is -1.84. The molecule has 0 radical (unpaired) electrons. The molecule has 1 aliphatic heterocycles. The van der Waals surface area contributed by atoms with Gasteiger partial charge in [-0.05, 0) is 51.2 Å². The lowest BCUT2D eigenvalue weighted by molar-refractivity contribution is -0.119. The second-order valence-corrected chi connectivity index (χ2v) is 9.73. The van der Waals surface area contributed by atoms with Gasteiger partial charge >= 0.3 is 0 Å². The van der Waals surface area contributed by atoms with Crippen LogP contribution in [0.3, 0.4) is 0 Å². The molecule has 1 aromatic heterocycles. The maximum Gasteiger partial charge on any atom is 0.244 e. The third-order valence-electron chi connectivity index (χ3n) is 4.68. The molecular weight excluding hydrogens is 384 g/mol. The van der Waals surface area contributed by atoms with Gasteiger partial charge in [-0.25, -0.2) is 8.42 Å². The van der Waals surface area contributed by atoms with Crippen LogP contribution in [0.4, 0.5) is 5.13 Å². The fourth-order valence-corrected chi connectivity index (χ4v) is 6.37. The fourth-order valence-electron chi connectivity index (χ4n) is 3.62. The van der Waals surface area contributed by atoms with E-state index in [1.807, 2.05) is 26.0 Å². The van der Waals surface area contributed by atoms with Crippen LogP contribution in [-0.2, 0) is 21.2 Å². The summed E-state index contributed by atoms with van der Waals surface area (Å²) in [6.07, 6.45) is 1.88. The molecule has 1 unspecified atom stereocenters. The predicted molar refractivity (Wildman–Crippen MR) is 105 cm³/mol. The number of amides is 1. The van der Waals surface area contributed by atoms with Crippen LogP contribution < -0.4 is 5.32 Å². The van der Waals surface area contributed by atoms with Gasteiger partial charge in [-0.2, -0.15) is 4.31 Å². The van der Waals surface area contributed by atoms with Gasteiger partial charge in [-0.3, -0.25) is 10.1 Å². The lowest BCUT2D eigenvalue weighted by Crippen LogP contribution is -2.43. The zero-order valence-corrected chi connectivity index (χ0v) is 17.6. The van der Waals surface area contributed by atoms with E-state index in [1.165, 1.54) is 15.6 Å². The number of rotatable bonds is 5. The number of aromatic nitrogens is 2. The van der Waals surface area contributed by atoms with Gasteiger partial charge in [0.25, 0.3) is 0 Å². The van der Waals surface area contributed by atoms with E-state index in [-0.39, 0.29) is 5.91 Å². The number of hydrogen-bond acceptors (Lipinski definition) is 6. The van der Waals surface area contributed by atoms with Crippen LogP contribution in [0.5, 0.6) is 0 Å². The van der Waals surface area contributed by atoms with E-state index in [0.717, 1.165) is 17.0 Å². The molecule has 0 bridgehead atoms. The number of nitrogens with one attached hydrogen (secondary N) is 1. The number of aryl methyl sites for hydroxylation is 4. The molecule has 7 nitrogen and oxygen atoms in total. The Morgan fingerprint density at radius 3 is 2.52 bits per heavy atom. The first-order valence-corrected chi connectivity index (χ1v) is 11.2. The van der Waals surface area contributed by atoms with E-state index in [4.69, 9.17) is 0 Å². The van der Waals surface area contributed by atoms with Gasteiger partial charge in [0, 0.05) is 6.54 Å². The van der Waals surface area contributed by atoms with E-state index < -0.39 is 16.1 Å². The molecule has 1 atom stereocenters. The summed E-state index contributed by atoms with van der Waals surface area (Å²) in [7, 11) is -3.76. The molecule has 0 saturated carbocycles. The molecule has 1 N–H and O–H groups in total. The van der Waals surface area contributed by atoms with Crippen LogP contribution >= 0.6 is 11.3 Å². The summed E-state index contributed by atoms with van der Waals surface area (Å²) in [5.41, 5.74) is 2.42. The summed E-state index contributed by atoms with van der Waals surface area (Å²) in [5.74, 6) is -0.350. The van der Waals surface area contributed by atoms with E-state index in [9.17, 15) is 13.2 Å². The monoisotopic (exact) mass is 408 g/mol. The van der Waals surface area contributed by atoms with Gasteiger partial charge in [0.15, 0.2) is 0 Å². The number of carbonyl (C=O) groups is 1. The Kier molecular flexibility index (Phi) is 5.64. The van der Waals surface area contributed by atoms with Crippen molar-refractivity contribution in [2.45, 2.75) is 57.9 Å². The molecule has 3 rings (SSSR count). The molecule has 1 saturated heterocycles. The third-order valence-corrected chi connectivity index (χ3v) is 7.87. The maximum absolute atomic E-state index is 13.3. The van der Waals surface area contributed by atoms with Crippen molar-refractivity contribution in [3.8, 4) is 0 Å². The fraction of sp³-hybridized carbons (Fsp3) is 0.500. The summed E-state index contributed by atoms with van der Waals surface area (Å²) in [6.45, 7) is 7.83. The highest BCUT2D eigenvalue weighted by Gasteiger charge is 2.40. The van der Waals surface area contributed by atoms with Crippen molar-refractivity contribution in [3.63, 3.8) is 0 Å². The molecule has 1 amide bonds. The highest BCUT2D eigenvalue weighted by molar-refractivity contribution is 7.89. The van der Waals surface area contributed by atoms with Crippen molar-refractivity contribution in [2.75, 3.05) is 11.9 Å². The van der Waals surface area contributed by atoms with Crippen LogP contribution in [0.2, 0.25) is 0 Å². The zero-order valence-electron chi connectivity index (χ0n) is 15.9. The summed E-state index contributed by atoms with van der Waals surface area (Å²) >= 11 is 1.31. The van der Waals surface area contributed by atoms with E-state index in [1.54, 1.807) is 13.8 Å². The second-order valence-electron chi connectivity index (χ2n) is 6.85. The summed E-state index contributed by atoms with van der Waals surface area (Å²) < 4.78 is 28.0. The van der Waals surface area contributed by atoms with Gasteiger partial charge in [0.2, 0.25) is 21.1 Å². The summed E-state index contributed by atoms with van der Waals surface area (Å²) in [5, 5.41) is 11.9. The van der Waals surface area contributed by atoms with Crippen molar-refractivity contribution in [3.05, 3.63) is 33.8 Å². The quantitative estimate of drug-likeness (QED) is 0.821. The molecule has 2 heterocycles. The average molecular weight is 409 g/mol. The normalized spacial score (nSPS) is 18.0. The van der Waals surface area contributed by atoms with Crippen LogP contribution in [0.25, 0.3) is 0 Å². The number of sulfonamides is 1. The van der Waals surface area contributed by atoms with Gasteiger partial charge in [-0.1, -0.05) is 36.0 Å².